The summed E-state index contributed by atoms with van der Waals surface area (Å²) in [6, 6.07) is 2.61. The molecule has 1 heterocycles. The minimum Gasteiger partial charge on any atom is -0.389 e. The van der Waals surface area contributed by atoms with Gasteiger partial charge in [0.25, 0.3) is 5.69 Å². The predicted octanol–water partition coefficient (Wildman–Crippen LogP) is 0.314. The van der Waals surface area contributed by atoms with Gasteiger partial charge in [-0.2, -0.15) is 12.6 Å². The van der Waals surface area contributed by atoms with Crippen molar-refractivity contribution in [2.45, 2.75) is 12.2 Å². The van der Waals surface area contributed by atoms with E-state index in [0.717, 1.165) is 0 Å². The average Bonchev–Trinajstić information content (AvgIpc) is 2.27. The third-order valence-electron chi connectivity index (χ3n) is 1.84. The molecule has 0 fully saturated rings. The molecule has 0 aromatic carbocycles. The minimum atomic E-state index is -1.40. The van der Waals surface area contributed by atoms with Crippen LogP contribution in [0.2, 0.25) is 0 Å². The molecule has 7 heteroatoms. The molecule has 1 aromatic rings. The Hall–Kier alpha value is -1.18. The number of aromatic nitrogens is 1. The van der Waals surface area contributed by atoms with Crippen molar-refractivity contribution in [3.8, 4) is 0 Å². The number of pyridine rings is 1. The van der Waals surface area contributed by atoms with Crippen molar-refractivity contribution >= 4 is 18.3 Å². The first-order valence-corrected chi connectivity index (χ1v) is 4.77. The fourth-order valence-corrected chi connectivity index (χ4v) is 1.27. The van der Waals surface area contributed by atoms with Crippen LogP contribution in [0.1, 0.15) is 11.8 Å². The lowest BCUT2D eigenvalue weighted by molar-refractivity contribution is -0.386. The number of nitrogens with zero attached hydrogens (tertiary/aromatic N) is 2. The number of hydrogen-bond acceptors (Lipinski definition) is 6. The Bertz CT molecular complexity index is 360. The molecule has 0 bridgehead atoms. The zero-order valence-electron chi connectivity index (χ0n) is 7.65. The third kappa shape index (κ3) is 2.65. The van der Waals surface area contributed by atoms with Crippen molar-refractivity contribution in [3.05, 3.63) is 34.1 Å². The lowest BCUT2D eigenvalue weighted by Crippen LogP contribution is -2.21. The smallest absolute Gasteiger partial charge is 0.293 e. The van der Waals surface area contributed by atoms with Gasteiger partial charge in [0.15, 0.2) is 0 Å². The highest BCUT2D eigenvalue weighted by atomic mass is 32.1. The van der Waals surface area contributed by atoms with Crippen LogP contribution in [0.5, 0.6) is 0 Å². The van der Waals surface area contributed by atoms with Crippen molar-refractivity contribution in [1.29, 1.82) is 0 Å². The summed E-state index contributed by atoms with van der Waals surface area (Å²) in [7, 11) is 0. The third-order valence-corrected chi connectivity index (χ3v) is 2.22. The van der Waals surface area contributed by atoms with Gasteiger partial charge in [-0.3, -0.25) is 15.1 Å². The molecule has 2 N–H and O–H groups in total. The molecule has 0 amide bonds. The topological polar surface area (TPSA) is 96.5 Å². The van der Waals surface area contributed by atoms with Crippen LogP contribution in [0.4, 0.5) is 5.69 Å². The van der Waals surface area contributed by atoms with E-state index in [-0.39, 0.29) is 17.1 Å². The number of aliphatic hydroxyl groups is 2. The number of thiol groups is 1. The summed E-state index contributed by atoms with van der Waals surface area (Å²) < 4.78 is 0. The Morgan fingerprint density at radius 3 is 2.80 bits per heavy atom. The molecule has 0 saturated heterocycles. The van der Waals surface area contributed by atoms with Crippen LogP contribution in [0.25, 0.3) is 0 Å². The summed E-state index contributed by atoms with van der Waals surface area (Å²) in [6.45, 7) is 0. The first kappa shape index (κ1) is 11.9. The molecule has 2 unspecified atom stereocenters. The van der Waals surface area contributed by atoms with Crippen molar-refractivity contribution in [3.63, 3.8) is 0 Å². The van der Waals surface area contributed by atoms with Gasteiger partial charge in [-0.1, -0.05) is 0 Å². The van der Waals surface area contributed by atoms with Crippen LogP contribution in [0, 0.1) is 10.1 Å². The van der Waals surface area contributed by atoms with Crippen LogP contribution >= 0.6 is 12.6 Å². The van der Waals surface area contributed by atoms with Crippen LogP contribution in [0.15, 0.2) is 18.3 Å². The first-order chi connectivity index (χ1) is 7.07. The van der Waals surface area contributed by atoms with E-state index in [4.69, 9.17) is 0 Å². The molecular formula is C8H10N2O4S. The van der Waals surface area contributed by atoms with Crippen LogP contribution in [-0.4, -0.2) is 32.0 Å². The monoisotopic (exact) mass is 230 g/mol. The highest BCUT2D eigenvalue weighted by Gasteiger charge is 2.26. The summed E-state index contributed by atoms with van der Waals surface area (Å²) in [5, 5.41) is 29.4. The lowest BCUT2D eigenvalue weighted by atomic mass is 10.1. The number of rotatable bonds is 4. The van der Waals surface area contributed by atoms with Crippen molar-refractivity contribution in [1.82, 2.24) is 4.98 Å². The predicted molar refractivity (Wildman–Crippen MR) is 55.7 cm³/mol. The summed E-state index contributed by atoms with van der Waals surface area (Å²) in [5.74, 6) is -0.00506. The van der Waals surface area contributed by atoms with E-state index < -0.39 is 17.1 Å². The molecule has 15 heavy (non-hydrogen) atoms. The molecule has 0 radical (unpaired) electrons. The maximum absolute atomic E-state index is 10.6. The molecule has 82 valence electrons. The second-order valence-corrected chi connectivity index (χ2v) is 3.22. The quantitative estimate of drug-likeness (QED) is 0.393. The molecule has 0 aliphatic rings. The van der Waals surface area contributed by atoms with Gasteiger partial charge in [-0.05, 0) is 6.07 Å². The number of hydrogen-bond donors (Lipinski definition) is 3. The molecule has 0 aliphatic carbocycles. The Kier molecular flexibility index (Phi) is 4.01. The molecule has 0 saturated carbocycles. The zero-order chi connectivity index (χ0) is 11.4. The van der Waals surface area contributed by atoms with E-state index in [9.17, 15) is 20.3 Å². The summed E-state index contributed by atoms with van der Waals surface area (Å²) in [5.41, 5.74) is -0.463. The van der Waals surface area contributed by atoms with Crippen LogP contribution in [0.3, 0.4) is 0 Å². The number of aliphatic hydroxyl groups excluding tert-OH is 2. The van der Waals surface area contributed by atoms with Crippen LogP contribution in [-0.2, 0) is 0 Å². The Morgan fingerprint density at radius 2 is 2.27 bits per heavy atom. The molecular weight excluding hydrogens is 220 g/mol. The van der Waals surface area contributed by atoms with E-state index in [1.165, 1.54) is 18.3 Å². The van der Waals surface area contributed by atoms with Gasteiger partial charge in [0.05, 0.1) is 11.0 Å². The van der Waals surface area contributed by atoms with E-state index >= 15 is 0 Å². The molecule has 6 nitrogen and oxygen atoms in total. The number of nitro groups is 1. The maximum atomic E-state index is 10.6. The Labute approximate surface area is 91.1 Å². The molecule has 1 rings (SSSR count). The standard InChI is InChI=1S/C8H10N2O4S/c11-6(4-15)8(12)7-5(10(13)14)2-1-3-9-7/h1-3,6,8,11-12,15H,4H2. The molecule has 1 aromatic heterocycles. The Balaban J connectivity index is 3.07. The van der Waals surface area contributed by atoms with E-state index in [2.05, 4.69) is 17.6 Å². The highest BCUT2D eigenvalue weighted by molar-refractivity contribution is 7.80. The fourth-order valence-electron chi connectivity index (χ4n) is 1.07. The van der Waals surface area contributed by atoms with Gasteiger partial charge in [0.2, 0.25) is 0 Å². The van der Waals surface area contributed by atoms with Crippen molar-refractivity contribution in [2.75, 3.05) is 5.75 Å². The van der Waals surface area contributed by atoms with Crippen molar-refractivity contribution in [2.24, 2.45) is 0 Å². The van der Waals surface area contributed by atoms with Gasteiger partial charge in [-0.25, -0.2) is 0 Å². The fraction of sp³-hybridized carbons (Fsp3) is 0.375. The highest BCUT2D eigenvalue weighted by Crippen LogP contribution is 2.24. The van der Waals surface area contributed by atoms with E-state index in [0.29, 0.717) is 0 Å². The second-order valence-electron chi connectivity index (χ2n) is 2.86. The Morgan fingerprint density at radius 1 is 1.60 bits per heavy atom. The maximum Gasteiger partial charge on any atom is 0.293 e. The largest absolute Gasteiger partial charge is 0.389 e. The van der Waals surface area contributed by atoms with Gasteiger partial charge in [-0.15, -0.1) is 0 Å². The molecule has 2 atom stereocenters. The zero-order valence-corrected chi connectivity index (χ0v) is 8.54. The van der Waals surface area contributed by atoms with Gasteiger partial charge < -0.3 is 10.2 Å². The summed E-state index contributed by atoms with van der Waals surface area (Å²) in [6.07, 6.45) is -1.26. The van der Waals surface area contributed by atoms with Crippen molar-refractivity contribution < 1.29 is 15.1 Å². The molecule has 0 aliphatic heterocycles. The molecule has 0 spiro atoms. The van der Waals surface area contributed by atoms with E-state index in [1.54, 1.807) is 0 Å². The SMILES string of the molecule is O=[N+]([O-])c1cccnc1C(O)C(O)CS. The lowest BCUT2D eigenvalue weighted by Gasteiger charge is -2.14. The van der Waals surface area contributed by atoms with Crippen LogP contribution < -0.4 is 0 Å². The first-order valence-electron chi connectivity index (χ1n) is 4.14. The van der Waals surface area contributed by atoms with Gasteiger partial charge in [0, 0.05) is 18.0 Å². The average molecular weight is 230 g/mol. The minimum absolute atomic E-state index is 0.00506. The normalized spacial score (nSPS) is 14.6. The summed E-state index contributed by atoms with van der Waals surface area (Å²) >= 11 is 3.78. The van der Waals surface area contributed by atoms with Gasteiger partial charge >= 0.3 is 0 Å². The second kappa shape index (κ2) is 5.06. The summed E-state index contributed by atoms with van der Waals surface area (Å²) in [4.78, 5) is 13.6. The van der Waals surface area contributed by atoms with E-state index in [1.807, 2.05) is 0 Å². The van der Waals surface area contributed by atoms with Gasteiger partial charge in [0.1, 0.15) is 11.8 Å².